The Bertz CT molecular complexity index is 4160. The first kappa shape index (κ1) is 122. The highest BCUT2D eigenvalue weighted by molar-refractivity contribution is 7.47. The van der Waals surface area contributed by atoms with Gasteiger partial charge in [-0.15, -0.1) is 0 Å². The van der Waals surface area contributed by atoms with E-state index >= 15 is 0 Å². The Labute approximate surface area is 823 Å². The van der Waals surface area contributed by atoms with E-state index < -0.39 is 411 Å². The molecule has 10 saturated heterocycles. The Kier molecular flexibility index (Phi) is 44.1. The summed E-state index contributed by atoms with van der Waals surface area (Å²) >= 11 is 0. The number of ether oxygens (including phenoxy) is 19. The number of phosphoric acid groups is 2. The molecule has 10 aliphatic heterocycles. The van der Waals surface area contributed by atoms with Crippen LogP contribution >= 0.6 is 15.6 Å². The van der Waals surface area contributed by atoms with Crippen molar-refractivity contribution < 1.29 is 277 Å². The molecule has 0 aromatic carbocycles. The molecule has 0 aromatic heterocycles. The lowest BCUT2D eigenvalue weighted by atomic mass is 9.93. The maximum absolute atomic E-state index is 13.8. The first-order valence-corrected chi connectivity index (χ1v) is 49.2. The van der Waals surface area contributed by atoms with Crippen molar-refractivity contribution in [2.45, 2.75) is 355 Å². The van der Waals surface area contributed by atoms with E-state index in [1.54, 1.807) is 42.3 Å². The third-order valence-electron chi connectivity index (χ3n) is 25.3. The largest absolute Gasteiger partial charge is 0.472 e. The molecule has 30 N–H and O–H groups in total. The number of carbonyl (C=O) groups is 5. The van der Waals surface area contributed by atoms with E-state index in [4.69, 9.17) is 108 Å². The zero-order valence-corrected chi connectivity index (χ0v) is 82.4. The third kappa shape index (κ3) is 30.7. The summed E-state index contributed by atoms with van der Waals surface area (Å²) in [4.78, 5) is 87.7. The molecule has 5 amide bonds. The first-order valence-electron chi connectivity index (χ1n) is 46.2. The Hall–Kier alpha value is -4.19. The second-order valence-electron chi connectivity index (χ2n) is 38.6. The molecule has 836 valence electrons. The van der Waals surface area contributed by atoms with Crippen molar-refractivity contribution in [1.29, 1.82) is 0 Å². The number of aliphatic hydroxyl groups is 23. The maximum Gasteiger partial charge on any atom is 0.472 e. The minimum atomic E-state index is -5.28. The van der Waals surface area contributed by atoms with Gasteiger partial charge < -0.3 is 253 Å². The van der Waals surface area contributed by atoms with Crippen LogP contribution in [0.5, 0.6) is 0 Å². The average molecular weight is 2140 g/mol. The Morgan fingerprint density at radius 1 is 0.264 bits per heavy atom. The highest BCUT2D eigenvalue weighted by Crippen LogP contribution is 2.47. The highest BCUT2D eigenvalue weighted by atomic mass is 31.2. The molecule has 52 atom stereocenters. The lowest BCUT2D eigenvalue weighted by Crippen LogP contribution is -2.71. The van der Waals surface area contributed by atoms with Gasteiger partial charge in [0.25, 0.3) is 0 Å². The predicted molar refractivity (Wildman–Crippen MR) is 460 cm³/mol. The van der Waals surface area contributed by atoms with Crippen molar-refractivity contribution in [2.75, 3.05) is 121 Å². The van der Waals surface area contributed by atoms with Gasteiger partial charge in [-0.3, -0.25) is 42.1 Å². The third-order valence-corrected chi connectivity index (χ3v) is 27.2. The fraction of sp³-hybridized carbons (Fsp3) is 0.938. The Morgan fingerprint density at radius 2 is 0.562 bits per heavy atom. The van der Waals surface area contributed by atoms with E-state index in [1.807, 2.05) is 0 Å². The molecule has 2 unspecified atom stereocenters. The number of nitrogens with one attached hydrogen (secondary N) is 5. The standard InChI is InChI=1S/C80H141N7O55P2/c1-26-46(97)57(108)61(112)76(126-26)120-23-39-66(67(45(71(115)128-39)85-32(7)96)139-77-62(113)58(109)47(98)27(2)127-77)138-74-43(83-30(5)94)55(106)64(36(21-91)132-74)137-78-63(114)68(52(103)37(134-78)22-121-79-69(59(110)49(100)34(19-89)130-79)141-73-42(82-29(4)93)54(105)51(102)38(133-73)24-124-143(116,117)122-16-14-86(8,9)10)140-80-70(60(111)50(101)35(20-90)131-80)142-75-44(84-31(6)95)56(107)65(40(135-75)25-125-144(118,119)123-17-15-87(11,12)13)136-72-41(81-28(3)92)53(104)48(99)33(18-88)129-72/h26-27,33-80,88-91,97-115H,14-25H2,1-13H3,(H5-2,81,82,83,84,85,92,93,94,95,96,116,117,118,119)/p+2/t26-,27-,33+,34+,35+,36+,37+,38+,39+,40+,41+,42+,43+,44+,45+,46+,47+,48-,49+,50+,51+,52+,53+,54+,55+,56+,57+,58+,59-,60-,61-,62-,63-,64+,65+,66+,67+,68-,69-,70-,71+,72-,73-,74-,75-,76+,77-,78-,79-,80+/m0/s1. The summed E-state index contributed by atoms with van der Waals surface area (Å²) in [5, 5.41) is 278. The number of rotatable bonds is 43. The van der Waals surface area contributed by atoms with Crippen molar-refractivity contribution in [3.8, 4) is 0 Å². The molecule has 0 bridgehead atoms. The van der Waals surface area contributed by atoms with Gasteiger partial charge in [-0.1, -0.05) is 0 Å². The summed E-state index contributed by atoms with van der Waals surface area (Å²) in [5.74, 6) is -4.88. The van der Waals surface area contributed by atoms with Gasteiger partial charge in [-0.2, -0.15) is 0 Å². The fourth-order valence-electron chi connectivity index (χ4n) is 17.4. The minimum absolute atomic E-state index is 0.0814. The van der Waals surface area contributed by atoms with Crippen molar-refractivity contribution in [3.05, 3.63) is 0 Å². The number of nitrogens with zero attached hydrogens (tertiary/aromatic N) is 2. The minimum Gasteiger partial charge on any atom is -0.394 e. The van der Waals surface area contributed by atoms with Crippen LogP contribution in [0.2, 0.25) is 0 Å². The van der Waals surface area contributed by atoms with Crippen LogP contribution in [0.25, 0.3) is 0 Å². The molecule has 144 heavy (non-hydrogen) atoms. The summed E-state index contributed by atoms with van der Waals surface area (Å²) in [6.45, 7) is -2.88. The normalized spacial score (nSPS) is 45.0. The highest BCUT2D eigenvalue weighted by Gasteiger charge is 2.63. The van der Waals surface area contributed by atoms with Crippen LogP contribution in [0.4, 0.5) is 0 Å². The molecule has 0 saturated carbocycles. The van der Waals surface area contributed by atoms with Gasteiger partial charge in [0.05, 0.1) is 107 Å². The van der Waals surface area contributed by atoms with Gasteiger partial charge in [0, 0.05) is 34.6 Å². The van der Waals surface area contributed by atoms with Gasteiger partial charge in [0.15, 0.2) is 62.9 Å². The number of likely N-dealkylation sites (N-methyl/N-ethyl adjacent to an activating group) is 2. The number of phosphoric ester groups is 2. The second-order valence-corrected chi connectivity index (χ2v) is 41.5. The van der Waals surface area contributed by atoms with Crippen molar-refractivity contribution in [2.24, 2.45) is 0 Å². The Morgan fingerprint density at radius 3 is 1.01 bits per heavy atom. The second kappa shape index (κ2) is 52.2. The van der Waals surface area contributed by atoms with Crippen molar-refractivity contribution in [1.82, 2.24) is 26.6 Å². The molecule has 0 aliphatic carbocycles. The quantitative estimate of drug-likeness (QED) is 0.0199. The van der Waals surface area contributed by atoms with E-state index in [9.17, 15) is 160 Å². The number of hydrogen-bond acceptors (Lipinski definition) is 53. The predicted octanol–water partition coefficient (Wildman–Crippen LogP) is -18.3. The monoisotopic (exact) mass is 2140 g/mol. The molecule has 10 rings (SSSR count). The molecule has 10 fully saturated rings. The maximum atomic E-state index is 13.8. The molecule has 10 aliphatic rings. The fourth-order valence-corrected chi connectivity index (χ4v) is 18.8. The van der Waals surface area contributed by atoms with Gasteiger partial charge in [-0.25, -0.2) is 9.13 Å². The van der Waals surface area contributed by atoms with Gasteiger partial charge in [0.2, 0.25) is 29.5 Å². The van der Waals surface area contributed by atoms with E-state index in [2.05, 4.69) is 26.6 Å². The molecule has 64 heteroatoms. The van der Waals surface area contributed by atoms with Crippen molar-refractivity contribution in [3.63, 3.8) is 0 Å². The number of amides is 5. The summed E-state index contributed by atoms with van der Waals surface area (Å²) in [6.07, 6.45) is -97.2. The summed E-state index contributed by atoms with van der Waals surface area (Å²) in [5.41, 5.74) is 0. The van der Waals surface area contributed by atoms with Gasteiger partial charge in [0.1, 0.15) is 258 Å². The molecule has 10 heterocycles. The van der Waals surface area contributed by atoms with Crippen LogP contribution in [0.15, 0.2) is 0 Å². The summed E-state index contributed by atoms with van der Waals surface area (Å²) in [6, 6.07) is -9.94. The average Bonchev–Trinajstić information content (AvgIpc) is 0.761. The zero-order valence-electron chi connectivity index (χ0n) is 80.6. The van der Waals surface area contributed by atoms with Crippen LogP contribution in [-0.2, 0) is 141 Å². The van der Waals surface area contributed by atoms with Crippen LogP contribution < -0.4 is 26.6 Å². The smallest absolute Gasteiger partial charge is 0.394 e. The van der Waals surface area contributed by atoms with Crippen LogP contribution in [0, 0.1) is 0 Å². The Balaban J connectivity index is 1.05. The molecular formula is C80H143N7O55P2+2. The SMILES string of the molecule is CC(=O)N[C@@H]1[C@@H](O[C@@H]2O[C@@H](C)[C@@H](O)[C@@H](O)[C@@H]2O)[C@H](O[C@@H]2O[C@H](CO)[C@@H](O[C@@H]3O[C@H](CO[C@H]4O[C@H](CO)[C@@H](O)[C@H](O)[C@@H]4O[C@@H]4O[C@H](COP(=O)(O)OCC[N+](C)(C)C)[C@@H](O)[C@H](O)[C@H]4NC(C)=O)[C@@H](O)[C@H](O[C@H]4O[C@H](CO)[C@@H](O)[C@H](O)[C@@H]4O[C@@H]4O[C@H](COP(=O)(O)OCC[N+](C)(C)C)[C@@H](O[C@@H]5O[C@H](CO)[C@H](O)[C@H](O)[C@H]5NC(C)=O)[C@H](O)[C@H]4NC(C)=O)[C@@H]3O)[C@H](O)[C@H]2NC(C)=O)[C@@H](CO[C@@H]2O[C@@H](C)[C@@H](O)[C@@H](O)[C@@H]2O)O[C@H]1O. The number of quaternary nitrogens is 2. The van der Waals surface area contributed by atoms with Crippen molar-refractivity contribution >= 4 is 45.2 Å². The van der Waals surface area contributed by atoms with Crippen LogP contribution in [0.1, 0.15) is 48.5 Å². The molecule has 62 nitrogen and oxygen atoms in total. The zero-order chi connectivity index (χ0) is 107. The molecule has 0 radical (unpaired) electrons. The molecule has 0 aromatic rings. The van der Waals surface area contributed by atoms with Gasteiger partial charge in [-0.05, 0) is 13.8 Å². The number of aliphatic hydroxyl groups excluding tert-OH is 23. The van der Waals surface area contributed by atoms with Gasteiger partial charge >= 0.3 is 15.6 Å². The topological polar surface area (TPSA) is 898 Å². The lowest BCUT2D eigenvalue weighted by Gasteiger charge is -2.52. The summed E-state index contributed by atoms with van der Waals surface area (Å²) < 4.78 is 165. The van der Waals surface area contributed by atoms with E-state index in [0.717, 1.165) is 34.6 Å². The molecule has 0 spiro atoms. The summed E-state index contributed by atoms with van der Waals surface area (Å²) in [7, 11) is -0.00348. The lowest BCUT2D eigenvalue weighted by molar-refractivity contribution is -0.870. The van der Waals surface area contributed by atoms with Crippen LogP contribution in [-0.4, -0.2) is 594 Å². The van der Waals surface area contributed by atoms with E-state index in [0.29, 0.717) is 0 Å². The molecular weight excluding hydrogens is 2000 g/mol. The van der Waals surface area contributed by atoms with Crippen LogP contribution in [0.3, 0.4) is 0 Å². The first-order chi connectivity index (χ1) is 67.2. The number of carbonyl (C=O) groups excluding carboxylic acids is 5. The van der Waals surface area contributed by atoms with E-state index in [1.165, 1.54) is 13.8 Å². The van der Waals surface area contributed by atoms with E-state index in [-0.39, 0.29) is 28.7 Å². The number of hydrogen-bond donors (Lipinski definition) is 30.